The molecule has 4 aromatic carbocycles. The molecule has 0 spiro atoms. The first-order valence-electron chi connectivity index (χ1n) is 14.3. The van der Waals surface area contributed by atoms with Crippen LogP contribution in [0.3, 0.4) is 0 Å². The Morgan fingerprint density at radius 3 is 2.12 bits per heavy atom. The Morgan fingerprint density at radius 2 is 1.42 bits per heavy atom. The van der Waals surface area contributed by atoms with Gasteiger partial charge in [-0.05, 0) is 48.7 Å². The van der Waals surface area contributed by atoms with Crippen LogP contribution in [-0.2, 0) is 29.1 Å². The molecule has 0 bridgehead atoms. The number of nitrogens with zero attached hydrogens (tertiary/aromatic N) is 2. The highest BCUT2D eigenvalue weighted by molar-refractivity contribution is 6.20. The monoisotopic (exact) mass is 574 g/mol. The Bertz CT molecular complexity index is 1730. The van der Waals surface area contributed by atoms with Crippen LogP contribution in [0.1, 0.15) is 44.3 Å². The summed E-state index contributed by atoms with van der Waals surface area (Å²) in [5.41, 5.74) is 3.70. The fourth-order valence-corrected chi connectivity index (χ4v) is 4.96. The van der Waals surface area contributed by atoms with Crippen molar-refractivity contribution in [2.24, 2.45) is 0 Å². The molecule has 5 rings (SSSR count). The standard InChI is InChI=1S/C36H34N2O5/c1-3-42-36(41)30-17-11-10-16-29(30)35(40)32-23-38(24-34(39)37(2)21-20-26-12-6-4-7-13-26)33-19-18-28(22-31(32)33)43-25-27-14-8-5-9-15-27/h4-19,22-23H,3,20-21,24-25H2,1-2H3. The van der Waals surface area contributed by atoms with Crippen LogP contribution in [-0.4, -0.2) is 47.3 Å². The second-order valence-electron chi connectivity index (χ2n) is 10.3. The highest BCUT2D eigenvalue weighted by Crippen LogP contribution is 2.29. The predicted octanol–water partition coefficient (Wildman–Crippen LogP) is 6.33. The third-order valence-electron chi connectivity index (χ3n) is 7.32. The maximum absolute atomic E-state index is 14.0. The third-order valence-corrected chi connectivity index (χ3v) is 7.32. The molecule has 1 heterocycles. The summed E-state index contributed by atoms with van der Waals surface area (Å²) in [5.74, 6) is -0.383. The largest absolute Gasteiger partial charge is 0.489 e. The number of carbonyl (C=O) groups is 3. The van der Waals surface area contributed by atoms with Crippen LogP contribution in [0.5, 0.6) is 5.75 Å². The summed E-state index contributed by atoms with van der Waals surface area (Å²) in [4.78, 5) is 41.7. The number of benzene rings is 4. The molecule has 0 atom stereocenters. The highest BCUT2D eigenvalue weighted by atomic mass is 16.5. The van der Waals surface area contributed by atoms with E-state index in [1.807, 2.05) is 78.9 Å². The summed E-state index contributed by atoms with van der Waals surface area (Å²) in [7, 11) is 1.79. The summed E-state index contributed by atoms with van der Waals surface area (Å²) >= 11 is 0. The summed E-state index contributed by atoms with van der Waals surface area (Å²) in [6.07, 6.45) is 2.44. The van der Waals surface area contributed by atoms with Crippen molar-refractivity contribution in [1.29, 1.82) is 0 Å². The quantitative estimate of drug-likeness (QED) is 0.129. The minimum absolute atomic E-state index is 0.0544. The average molecular weight is 575 g/mol. The van der Waals surface area contributed by atoms with E-state index < -0.39 is 5.97 Å². The maximum Gasteiger partial charge on any atom is 0.338 e. The topological polar surface area (TPSA) is 77.8 Å². The molecular weight excluding hydrogens is 540 g/mol. The van der Waals surface area contributed by atoms with Crippen LogP contribution in [0, 0.1) is 0 Å². The van der Waals surface area contributed by atoms with Crippen molar-refractivity contribution < 1.29 is 23.9 Å². The van der Waals surface area contributed by atoms with Gasteiger partial charge in [-0.3, -0.25) is 9.59 Å². The van der Waals surface area contributed by atoms with Crippen LogP contribution in [0.2, 0.25) is 0 Å². The van der Waals surface area contributed by atoms with E-state index in [0.717, 1.165) is 17.5 Å². The number of esters is 1. The molecule has 7 heteroatoms. The molecule has 0 unspecified atom stereocenters. The fraction of sp³-hybridized carbons (Fsp3) is 0.194. The van der Waals surface area contributed by atoms with E-state index >= 15 is 0 Å². The smallest absolute Gasteiger partial charge is 0.338 e. The van der Waals surface area contributed by atoms with Gasteiger partial charge in [0.05, 0.1) is 12.2 Å². The lowest BCUT2D eigenvalue weighted by Gasteiger charge is -2.18. The Balaban J connectivity index is 1.46. The van der Waals surface area contributed by atoms with Crippen molar-refractivity contribution in [3.63, 3.8) is 0 Å². The van der Waals surface area contributed by atoms with E-state index in [-0.39, 0.29) is 36.0 Å². The van der Waals surface area contributed by atoms with Crippen molar-refractivity contribution in [1.82, 2.24) is 9.47 Å². The summed E-state index contributed by atoms with van der Waals surface area (Å²) < 4.78 is 13.1. The first-order chi connectivity index (χ1) is 20.9. The minimum Gasteiger partial charge on any atom is -0.489 e. The molecule has 7 nitrogen and oxygen atoms in total. The van der Waals surface area contributed by atoms with E-state index in [1.165, 1.54) is 0 Å². The zero-order valence-corrected chi connectivity index (χ0v) is 24.4. The second kappa shape index (κ2) is 13.7. The Hall–Kier alpha value is -5.17. The molecule has 1 amide bonds. The van der Waals surface area contributed by atoms with Gasteiger partial charge in [-0.25, -0.2) is 4.79 Å². The number of hydrogen-bond donors (Lipinski definition) is 0. The maximum atomic E-state index is 14.0. The molecule has 1 aromatic heterocycles. The number of likely N-dealkylation sites (N-methyl/N-ethyl adjacent to an activating group) is 1. The van der Waals surface area contributed by atoms with Gasteiger partial charge in [0.25, 0.3) is 0 Å². The number of fused-ring (bicyclic) bond motifs is 1. The lowest BCUT2D eigenvalue weighted by Crippen LogP contribution is -2.31. The highest BCUT2D eigenvalue weighted by Gasteiger charge is 2.24. The molecule has 0 aliphatic heterocycles. The number of carbonyl (C=O) groups excluding carboxylic acids is 3. The van der Waals surface area contributed by atoms with Gasteiger partial charge in [-0.2, -0.15) is 0 Å². The number of ketones is 1. The third kappa shape index (κ3) is 7.01. The summed E-state index contributed by atoms with van der Waals surface area (Å²) in [6.45, 7) is 2.91. The van der Waals surface area contributed by atoms with Crippen molar-refractivity contribution >= 4 is 28.6 Å². The average Bonchev–Trinajstić information content (AvgIpc) is 3.40. The van der Waals surface area contributed by atoms with Crippen LogP contribution in [0.15, 0.2) is 109 Å². The van der Waals surface area contributed by atoms with E-state index in [1.54, 1.807) is 53.9 Å². The number of hydrogen-bond acceptors (Lipinski definition) is 5. The molecular formula is C36H34N2O5. The van der Waals surface area contributed by atoms with Gasteiger partial charge in [-0.15, -0.1) is 0 Å². The first-order valence-corrected chi connectivity index (χ1v) is 14.3. The normalized spacial score (nSPS) is 10.8. The number of aromatic nitrogens is 1. The van der Waals surface area contributed by atoms with Gasteiger partial charge < -0.3 is 18.9 Å². The van der Waals surface area contributed by atoms with E-state index in [4.69, 9.17) is 9.47 Å². The minimum atomic E-state index is -0.558. The van der Waals surface area contributed by atoms with E-state index in [2.05, 4.69) is 0 Å². The van der Waals surface area contributed by atoms with Crippen LogP contribution < -0.4 is 4.74 Å². The van der Waals surface area contributed by atoms with Gasteiger partial charge in [0.2, 0.25) is 5.91 Å². The second-order valence-corrected chi connectivity index (χ2v) is 10.3. The zero-order chi connectivity index (χ0) is 30.2. The van der Waals surface area contributed by atoms with Crippen LogP contribution >= 0.6 is 0 Å². The first kappa shape index (κ1) is 29.3. The summed E-state index contributed by atoms with van der Waals surface area (Å²) in [5, 5.41) is 0.633. The van der Waals surface area contributed by atoms with Gasteiger partial charge in [0.1, 0.15) is 18.9 Å². The molecule has 0 aliphatic rings. The molecule has 43 heavy (non-hydrogen) atoms. The lowest BCUT2D eigenvalue weighted by molar-refractivity contribution is -0.130. The molecule has 5 aromatic rings. The van der Waals surface area contributed by atoms with Gasteiger partial charge in [0.15, 0.2) is 5.78 Å². The zero-order valence-electron chi connectivity index (χ0n) is 24.4. The van der Waals surface area contributed by atoms with Crippen molar-refractivity contribution in [3.8, 4) is 5.75 Å². The number of ether oxygens (including phenoxy) is 2. The number of rotatable bonds is 12. The van der Waals surface area contributed by atoms with E-state index in [0.29, 0.717) is 35.4 Å². The van der Waals surface area contributed by atoms with Crippen LogP contribution in [0.4, 0.5) is 0 Å². The lowest BCUT2D eigenvalue weighted by atomic mass is 9.98. The SMILES string of the molecule is CCOC(=O)c1ccccc1C(=O)c1cn(CC(=O)N(C)CCc2ccccc2)c2ccc(OCc3ccccc3)cc12. The van der Waals surface area contributed by atoms with E-state index in [9.17, 15) is 14.4 Å². The van der Waals surface area contributed by atoms with Gasteiger partial charge in [0, 0.05) is 41.8 Å². The van der Waals surface area contributed by atoms with Crippen molar-refractivity contribution in [3.05, 3.63) is 137 Å². The Labute approximate surface area is 251 Å². The molecule has 218 valence electrons. The molecule has 0 radical (unpaired) electrons. The Morgan fingerprint density at radius 1 is 0.767 bits per heavy atom. The molecule has 0 fully saturated rings. The van der Waals surface area contributed by atoms with Gasteiger partial charge >= 0.3 is 5.97 Å². The predicted molar refractivity (Wildman–Crippen MR) is 166 cm³/mol. The number of amides is 1. The van der Waals surface area contributed by atoms with Crippen molar-refractivity contribution in [2.45, 2.75) is 26.5 Å². The molecule has 0 saturated carbocycles. The molecule has 0 aliphatic carbocycles. The summed E-state index contributed by atoms with van der Waals surface area (Å²) in [6, 6.07) is 32.0. The molecule has 0 saturated heterocycles. The fourth-order valence-electron chi connectivity index (χ4n) is 4.96. The molecule has 0 N–H and O–H groups in total. The van der Waals surface area contributed by atoms with Crippen molar-refractivity contribution in [2.75, 3.05) is 20.2 Å². The van der Waals surface area contributed by atoms with Crippen LogP contribution in [0.25, 0.3) is 10.9 Å². The van der Waals surface area contributed by atoms with Gasteiger partial charge in [-0.1, -0.05) is 78.9 Å². The Kier molecular flexibility index (Phi) is 9.32.